The predicted octanol–water partition coefficient (Wildman–Crippen LogP) is 3.94. The normalized spacial score (nSPS) is 16.0. The Morgan fingerprint density at radius 1 is 1.07 bits per heavy atom. The molecule has 0 spiro atoms. The van der Waals surface area contributed by atoms with Crippen LogP contribution in [0.3, 0.4) is 0 Å². The molecule has 7 nitrogen and oxygen atoms in total. The molecule has 0 aromatic heterocycles. The van der Waals surface area contributed by atoms with Gasteiger partial charge < -0.3 is 24.4 Å². The maximum Gasteiger partial charge on any atom is 0.229 e. The van der Waals surface area contributed by atoms with Crippen LogP contribution in [0.15, 0.2) is 42.5 Å². The highest BCUT2D eigenvalue weighted by atomic mass is 16.5. The lowest BCUT2D eigenvalue weighted by Gasteiger charge is -2.19. The van der Waals surface area contributed by atoms with Gasteiger partial charge in [0.2, 0.25) is 11.8 Å². The molecule has 0 bridgehead atoms. The fourth-order valence-electron chi connectivity index (χ4n) is 3.41. The molecule has 2 aromatic carbocycles. The number of amides is 2. The number of hydrogen-bond acceptors (Lipinski definition) is 5. The number of carbonyl (C=O) groups is 2. The van der Waals surface area contributed by atoms with E-state index < -0.39 is 0 Å². The summed E-state index contributed by atoms with van der Waals surface area (Å²) < 4.78 is 16.5. The maximum absolute atomic E-state index is 12.7. The third-order valence-electron chi connectivity index (χ3n) is 4.89. The lowest BCUT2D eigenvalue weighted by atomic mass is 10.1. The Bertz CT molecular complexity index is 895. The zero-order valence-corrected chi connectivity index (χ0v) is 17.8. The minimum atomic E-state index is -0.357. The van der Waals surface area contributed by atoms with Crippen molar-refractivity contribution in [3.8, 4) is 23.0 Å². The maximum atomic E-state index is 12.7. The van der Waals surface area contributed by atoms with Crippen LogP contribution in [0.2, 0.25) is 0 Å². The van der Waals surface area contributed by atoms with E-state index in [9.17, 15) is 9.59 Å². The van der Waals surface area contributed by atoms with E-state index in [1.807, 2.05) is 0 Å². The fraction of sp³-hybridized carbons (Fsp3) is 0.391. The van der Waals surface area contributed by atoms with Gasteiger partial charge in [0.1, 0.15) is 11.5 Å². The first-order chi connectivity index (χ1) is 14.4. The second kappa shape index (κ2) is 9.52. The predicted molar refractivity (Wildman–Crippen MR) is 114 cm³/mol. The largest absolute Gasteiger partial charge is 0.497 e. The summed E-state index contributed by atoms with van der Waals surface area (Å²) in [6.45, 7) is 5.24. The van der Waals surface area contributed by atoms with E-state index in [1.165, 1.54) is 0 Å². The van der Waals surface area contributed by atoms with Crippen LogP contribution in [0.25, 0.3) is 0 Å². The summed E-state index contributed by atoms with van der Waals surface area (Å²) in [5.74, 6) is 2.24. The number of rotatable bonds is 8. The number of nitrogens with zero attached hydrogens (tertiary/aromatic N) is 1. The van der Waals surface area contributed by atoms with Crippen molar-refractivity contribution in [2.45, 2.75) is 20.3 Å². The summed E-state index contributed by atoms with van der Waals surface area (Å²) in [6.07, 6.45) is 0.240. The minimum absolute atomic E-state index is 0.0297. The van der Waals surface area contributed by atoms with E-state index >= 15 is 0 Å². The van der Waals surface area contributed by atoms with E-state index in [-0.39, 0.29) is 24.2 Å². The average molecular weight is 412 g/mol. The van der Waals surface area contributed by atoms with Crippen molar-refractivity contribution < 1.29 is 23.8 Å². The molecule has 1 N–H and O–H groups in total. The van der Waals surface area contributed by atoms with Crippen LogP contribution in [0.4, 0.5) is 5.69 Å². The average Bonchev–Trinajstić information content (AvgIpc) is 3.09. The molecule has 1 aliphatic heterocycles. The summed E-state index contributed by atoms with van der Waals surface area (Å²) in [5.41, 5.74) is 0.582. The first-order valence-corrected chi connectivity index (χ1v) is 9.98. The summed E-state index contributed by atoms with van der Waals surface area (Å²) in [6, 6.07) is 12.4. The van der Waals surface area contributed by atoms with Crippen molar-refractivity contribution in [3.63, 3.8) is 0 Å². The zero-order chi connectivity index (χ0) is 21.7. The standard InChI is InChI=1S/C23H28N2O5/c1-15(2)13-25-14-16(11-22(25)26)23(27)24-17-5-10-20(29-4)21(12-17)30-19-8-6-18(28-3)7-9-19/h5-10,12,15-16H,11,13-14H2,1-4H3,(H,24,27). The second-order valence-electron chi connectivity index (χ2n) is 7.73. The number of methoxy groups -OCH3 is 2. The van der Waals surface area contributed by atoms with Crippen LogP contribution in [0.1, 0.15) is 20.3 Å². The molecule has 1 heterocycles. The molecule has 3 rings (SSSR count). The van der Waals surface area contributed by atoms with Gasteiger partial charge in [-0.15, -0.1) is 0 Å². The van der Waals surface area contributed by atoms with Crippen LogP contribution in [0.5, 0.6) is 23.0 Å². The number of likely N-dealkylation sites (tertiary alicyclic amines) is 1. The van der Waals surface area contributed by atoms with Crippen molar-refractivity contribution in [1.82, 2.24) is 4.90 Å². The van der Waals surface area contributed by atoms with Crippen molar-refractivity contribution in [2.24, 2.45) is 11.8 Å². The Labute approximate surface area is 176 Å². The number of ether oxygens (including phenoxy) is 3. The number of benzene rings is 2. The van der Waals surface area contributed by atoms with Gasteiger partial charge in [0.05, 0.1) is 20.1 Å². The molecular weight excluding hydrogens is 384 g/mol. The highest BCUT2D eigenvalue weighted by Crippen LogP contribution is 2.35. The van der Waals surface area contributed by atoms with Gasteiger partial charge in [0.25, 0.3) is 0 Å². The molecule has 1 saturated heterocycles. The van der Waals surface area contributed by atoms with E-state index in [0.717, 1.165) is 5.75 Å². The Morgan fingerprint density at radius 2 is 1.77 bits per heavy atom. The van der Waals surface area contributed by atoms with Crippen molar-refractivity contribution in [1.29, 1.82) is 0 Å². The summed E-state index contributed by atoms with van der Waals surface area (Å²) in [7, 11) is 3.16. The van der Waals surface area contributed by atoms with Crippen molar-refractivity contribution in [2.75, 3.05) is 32.6 Å². The lowest BCUT2D eigenvalue weighted by Crippen LogP contribution is -2.31. The molecule has 1 aliphatic rings. The smallest absolute Gasteiger partial charge is 0.229 e. The van der Waals surface area contributed by atoms with Crippen LogP contribution in [-0.2, 0) is 9.59 Å². The van der Waals surface area contributed by atoms with Crippen LogP contribution >= 0.6 is 0 Å². The first-order valence-electron chi connectivity index (χ1n) is 9.98. The van der Waals surface area contributed by atoms with E-state index in [2.05, 4.69) is 19.2 Å². The topological polar surface area (TPSA) is 77.1 Å². The van der Waals surface area contributed by atoms with Gasteiger partial charge in [-0.3, -0.25) is 9.59 Å². The monoisotopic (exact) mass is 412 g/mol. The van der Waals surface area contributed by atoms with Gasteiger partial charge in [-0.25, -0.2) is 0 Å². The number of anilines is 1. The molecule has 1 fully saturated rings. The SMILES string of the molecule is COc1ccc(Oc2cc(NC(=O)C3CC(=O)N(CC(C)C)C3)ccc2OC)cc1. The molecule has 7 heteroatoms. The van der Waals surface area contributed by atoms with E-state index in [1.54, 1.807) is 61.6 Å². The summed E-state index contributed by atoms with van der Waals surface area (Å²) >= 11 is 0. The number of nitrogens with one attached hydrogen (secondary N) is 1. The van der Waals surface area contributed by atoms with Gasteiger partial charge in [-0.1, -0.05) is 13.8 Å². The van der Waals surface area contributed by atoms with Gasteiger partial charge in [-0.2, -0.15) is 0 Å². The third kappa shape index (κ3) is 5.23. The van der Waals surface area contributed by atoms with Crippen molar-refractivity contribution in [3.05, 3.63) is 42.5 Å². The highest BCUT2D eigenvalue weighted by molar-refractivity contribution is 5.97. The Kier molecular flexibility index (Phi) is 6.82. The molecule has 2 aromatic rings. The molecular formula is C23H28N2O5. The summed E-state index contributed by atoms with van der Waals surface area (Å²) in [4.78, 5) is 26.6. The fourth-order valence-corrected chi connectivity index (χ4v) is 3.41. The van der Waals surface area contributed by atoms with Crippen LogP contribution < -0.4 is 19.5 Å². The minimum Gasteiger partial charge on any atom is -0.497 e. The summed E-state index contributed by atoms with van der Waals surface area (Å²) in [5, 5.41) is 2.90. The van der Waals surface area contributed by atoms with Crippen molar-refractivity contribution >= 4 is 17.5 Å². The lowest BCUT2D eigenvalue weighted by molar-refractivity contribution is -0.128. The van der Waals surface area contributed by atoms with Gasteiger partial charge in [0.15, 0.2) is 11.5 Å². The van der Waals surface area contributed by atoms with Gasteiger partial charge in [-0.05, 0) is 42.3 Å². The molecule has 0 aliphatic carbocycles. The second-order valence-corrected chi connectivity index (χ2v) is 7.73. The first kappa shape index (κ1) is 21.5. The van der Waals surface area contributed by atoms with Gasteiger partial charge >= 0.3 is 0 Å². The molecule has 1 atom stereocenters. The third-order valence-corrected chi connectivity index (χ3v) is 4.89. The molecule has 30 heavy (non-hydrogen) atoms. The zero-order valence-electron chi connectivity index (χ0n) is 17.8. The Morgan fingerprint density at radius 3 is 2.40 bits per heavy atom. The molecule has 1 unspecified atom stereocenters. The van der Waals surface area contributed by atoms with Crippen LogP contribution in [-0.4, -0.2) is 44.0 Å². The Hall–Kier alpha value is -3.22. The van der Waals surface area contributed by atoms with Gasteiger partial charge in [0, 0.05) is 31.3 Å². The highest BCUT2D eigenvalue weighted by Gasteiger charge is 2.34. The van der Waals surface area contributed by atoms with E-state index in [4.69, 9.17) is 14.2 Å². The Balaban J connectivity index is 1.69. The molecule has 160 valence electrons. The number of hydrogen-bond donors (Lipinski definition) is 1. The number of carbonyl (C=O) groups excluding carboxylic acids is 2. The molecule has 2 amide bonds. The van der Waals surface area contributed by atoms with Crippen LogP contribution in [0, 0.1) is 11.8 Å². The quantitative estimate of drug-likeness (QED) is 0.711. The molecule has 0 saturated carbocycles. The molecule has 0 radical (unpaired) electrons. The van der Waals surface area contributed by atoms with E-state index in [0.29, 0.717) is 41.9 Å².